The summed E-state index contributed by atoms with van der Waals surface area (Å²) in [6.45, 7) is 3.78. The second kappa shape index (κ2) is 14.7. The lowest BCUT2D eigenvalue weighted by molar-refractivity contribution is -0.140. The second-order valence-corrected chi connectivity index (χ2v) is 7.81. The summed E-state index contributed by atoms with van der Waals surface area (Å²) in [6.07, 6.45) is 10.9. The number of methoxy groups -OCH3 is 1. The first-order chi connectivity index (χ1) is 14.4. The molecule has 0 aromatic carbocycles. The predicted molar refractivity (Wildman–Crippen MR) is 117 cm³/mol. The Morgan fingerprint density at radius 1 is 1.43 bits per heavy atom. The van der Waals surface area contributed by atoms with Gasteiger partial charge in [-0.15, -0.1) is 11.8 Å². The molecule has 1 unspecified atom stereocenters. The number of rotatable bonds is 12. The van der Waals surface area contributed by atoms with Crippen LogP contribution in [0.4, 0.5) is 0 Å². The molecule has 1 rings (SSSR count). The summed E-state index contributed by atoms with van der Waals surface area (Å²) in [7, 11) is 1.38. The van der Waals surface area contributed by atoms with Crippen LogP contribution < -0.4 is 0 Å². The number of nitrogens with zero attached hydrogens (tertiary/aromatic N) is 3. The van der Waals surface area contributed by atoms with Gasteiger partial charge in [0.15, 0.2) is 0 Å². The number of allylic oxidation sites excluding steroid dienone is 2. The molecule has 1 aliphatic rings. The zero-order chi connectivity index (χ0) is 22.4. The second-order valence-electron chi connectivity index (χ2n) is 7.81. The number of aliphatic hydroxyl groups is 2. The molecule has 0 spiro atoms. The van der Waals surface area contributed by atoms with Gasteiger partial charge in [0.1, 0.15) is 0 Å². The van der Waals surface area contributed by atoms with Gasteiger partial charge in [-0.1, -0.05) is 36.3 Å². The quantitative estimate of drug-likeness (QED) is 0.0936. The van der Waals surface area contributed by atoms with E-state index < -0.39 is 12.2 Å². The molecule has 0 aromatic heterocycles. The third-order valence-corrected chi connectivity index (χ3v) is 5.69. The molecule has 7 nitrogen and oxygen atoms in total. The van der Waals surface area contributed by atoms with Crippen LogP contribution in [0.1, 0.15) is 58.8 Å². The monoisotopic (exact) mass is 417 g/mol. The van der Waals surface area contributed by atoms with Crippen LogP contribution in [0, 0.1) is 29.6 Å². The number of aliphatic hydroxyl groups excluding tert-OH is 2. The summed E-state index contributed by atoms with van der Waals surface area (Å²) >= 11 is 0. The number of ether oxygens (including phenoxy) is 1. The van der Waals surface area contributed by atoms with E-state index in [-0.39, 0.29) is 29.8 Å². The summed E-state index contributed by atoms with van der Waals surface area (Å²) in [5, 5.41) is 24.8. The Morgan fingerprint density at radius 3 is 2.87 bits per heavy atom. The van der Waals surface area contributed by atoms with Crippen molar-refractivity contribution in [2.45, 2.75) is 77.0 Å². The molecule has 0 bridgehead atoms. The molecule has 1 fully saturated rings. The van der Waals surface area contributed by atoms with Crippen molar-refractivity contribution in [2.24, 2.45) is 22.9 Å². The average Bonchev–Trinajstić information content (AvgIpc) is 3.02. The highest BCUT2D eigenvalue weighted by atomic mass is 16.5. The van der Waals surface area contributed by atoms with Gasteiger partial charge in [-0.3, -0.25) is 4.79 Å². The minimum atomic E-state index is -0.608. The van der Waals surface area contributed by atoms with Gasteiger partial charge in [-0.05, 0) is 56.4 Å². The first-order valence-electron chi connectivity index (χ1n) is 10.6. The lowest BCUT2D eigenvalue weighted by Gasteiger charge is -2.21. The molecular formula is C23H35N3O4. The summed E-state index contributed by atoms with van der Waals surface area (Å²) in [5.74, 6) is 5.50. The average molecular weight is 418 g/mol. The lowest BCUT2D eigenvalue weighted by atomic mass is 9.88. The molecule has 6 atom stereocenters. The normalized spacial score (nSPS) is 25.5. The Balaban J connectivity index is 2.69. The fourth-order valence-electron chi connectivity index (χ4n) is 3.77. The zero-order valence-electron chi connectivity index (χ0n) is 18.3. The minimum absolute atomic E-state index is 0.0301. The van der Waals surface area contributed by atoms with Gasteiger partial charge in [-0.2, -0.15) is 0 Å². The van der Waals surface area contributed by atoms with E-state index in [1.807, 2.05) is 25.2 Å². The summed E-state index contributed by atoms with van der Waals surface area (Å²) in [4.78, 5) is 14.1. The predicted octanol–water partition coefficient (Wildman–Crippen LogP) is 4.31. The molecule has 166 valence electrons. The van der Waals surface area contributed by atoms with E-state index in [0.717, 1.165) is 19.3 Å². The number of hydrogen-bond acceptors (Lipinski definition) is 5. The number of unbranched alkanes of at least 4 members (excludes halogenated alkanes) is 1. The third-order valence-electron chi connectivity index (χ3n) is 5.69. The van der Waals surface area contributed by atoms with E-state index in [9.17, 15) is 15.0 Å². The molecule has 7 heteroatoms. The minimum Gasteiger partial charge on any atom is -0.469 e. The molecule has 1 aliphatic carbocycles. The van der Waals surface area contributed by atoms with Gasteiger partial charge in [0.05, 0.1) is 19.3 Å². The van der Waals surface area contributed by atoms with Crippen molar-refractivity contribution in [1.82, 2.24) is 0 Å². The van der Waals surface area contributed by atoms with Crippen LogP contribution in [0.3, 0.4) is 0 Å². The van der Waals surface area contributed by atoms with Gasteiger partial charge in [0.2, 0.25) is 0 Å². The number of hydrogen-bond donors (Lipinski definition) is 2. The summed E-state index contributed by atoms with van der Waals surface area (Å²) in [5.41, 5.74) is 8.87. The maximum Gasteiger partial charge on any atom is 0.305 e. The molecule has 30 heavy (non-hydrogen) atoms. The maximum absolute atomic E-state index is 11.1. The van der Waals surface area contributed by atoms with Crippen molar-refractivity contribution >= 4 is 5.97 Å². The van der Waals surface area contributed by atoms with Gasteiger partial charge < -0.3 is 14.9 Å². The Kier molecular flexibility index (Phi) is 12.6. The third kappa shape index (κ3) is 9.04. The van der Waals surface area contributed by atoms with E-state index in [1.54, 1.807) is 13.0 Å². The zero-order valence-corrected chi connectivity index (χ0v) is 18.3. The van der Waals surface area contributed by atoms with Gasteiger partial charge in [0.25, 0.3) is 0 Å². The Bertz CT molecular complexity index is 688. The van der Waals surface area contributed by atoms with Gasteiger partial charge >= 0.3 is 5.97 Å². The van der Waals surface area contributed by atoms with E-state index in [0.29, 0.717) is 25.7 Å². The summed E-state index contributed by atoms with van der Waals surface area (Å²) in [6, 6.07) is -0.284. The number of esters is 1. The van der Waals surface area contributed by atoms with Gasteiger partial charge in [0, 0.05) is 29.7 Å². The van der Waals surface area contributed by atoms with Crippen LogP contribution in [-0.4, -0.2) is 41.5 Å². The molecular weight excluding hydrogens is 382 g/mol. The highest BCUT2D eigenvalue weighted by Crippen LogP contribution is 2.38. The van der Waals surface area contributed by atoms with Crippen LogP contribution in [0.15, 0.2) is 29.4 Å². The van der Waals surface area contributed by atoms with Crippen molar-refractivity contribution in [3.8, 4) is 11.8 Å². The molecule has 1 saturated carbocycles. The SMILES string of the molecule is CC#CCCC(C)[C@H](O)C=C[C@@H]1[C@@H](CC=CCCCC(=O)OC)[C@@H](N=[N+]=[N-])C[C@H]1O. The highest BCUT2D eigenvalue weighted by molar-refractivity contribution is 5.69. The fourth-order valence-corrected chi connectivity index (χ4v) is 3.77. The molecule has 0 aromatic rings. The Morgan fingerprint density at radius 2 is 2.20 bits per heavy atom. The van der Waals surface area contributed by atoms with Crippen LogP contribution >= 0.6 is 0 Å². The summed E-state index contributed by atoms with van der Waals surface area (Å²) < 4.78 is 4.62. The van der Waals surface area contributed by atoms with E-state index in [2.05, 4.69) is 26.6 Å². The number of azide groups is 1. The molecule has 0 aliphatic heterocycles. The fraction of sp³-hybridized carbons (Fsp3) is 0.696. The first kappa shape index (κ1) is 25.8. The molecule has 2 N–H and O–H groups in total. The van der Waals surface area contributed by atoms with Crippen molar-refractivity contribution in [1.29, 1.82) is 0 Å². The lowest BCUT2D eigenvalue weighted by Crippen LogP contribution is -2.21. The topological polar surface area (TPSA) is 116 Å². The van der Waals surface area contributed by atoms with Crippen molar-refractivity contribution in [3.63, 3.8) is 0 Å². The molecule has 0 heterocycles. The largest absolute Gasteiger partial charge is 0.469 e. The first-order valence-corrected chi connectivity index (χ1v) is 10.6. The number of carbonyl (C=O) groups is 1. The maximum atomic E-state index is 11.1. The molecule has 0 amide bonds. The van der Waals surface area contributed by atoms with Crippen molar-refractivity contribution in [2.75, 3.05) is 7.11 Å². The number of carbonyl (C=O) groups excluding carboxylic acids is 1. The molecule has 0 radical (unpaired) electrons. The van der Waals surface area contributed by atoms with Crippen molar-refractivity contribution < 1.29 is 19.7 Å². The van der Waals surface area contributed by atoms with E-state index in [4.69, 9.17) is 5.53 Å². The van der Waals surface area contributed by atoms with E-state index in [1.165, 1.54) is 7.11 Å². The van der Waals surface area contributed by atoms with Crippen LogP contribution in [-0.2, 0) is 9.53 Å². The Labute approximate surface area is 179 Å². The standard InChI is InChI=1S/C23H35N3O4/c1-4-5-8-11-17(2)21(27)15-14-19-18(20(25-26-24)16-22(19)28)12-9-6-7-10-13-23(29)30-3/h6,9,14-15,17-22,27-28H,7-8,10-13,16H2,1-3H3/t17?,18-,19-,20+,21-,22-/m1/s1. The van der Waals surface area contributed by atoms with Crippen LogP contribution in [0.2, 0.25) is 0 Å². The highest BCUT2D eigenvalue weighted by Gasteiger charge is 2.40. The van der Waals surface area contributed by atoms with Crippen LogP contribution in [0.5, 0.6) is 0 Å². The molecule has 0 saturated heterocycles. The van der Waals surface area contributed by atoms with Crippen LogP contribution in [0.25, 0.3) is 10.4 Å². The Hall–Kier alpha value is -2.26. The van der Waals surface area contributed by atoms with E-state index >= 15 is 0 Å². The van der Waals surface area contributed by atoms with Gasteiger partial charge in [-0.25, -0.2) is 0 Å². The smallest absolute Gasteiger partial charge is 0.305 e. The van der Waals surface area contributed by atoms with Crippen molar-refractivity contribution in [3.05, 3.63) is 34.7 Å².